The normalized spacial score (nSPS) is 30.4. The minimum Gasteiger partial charge on any atom is -0.475 e. The number of allylic oxidation sites excluding steroid dienone is 1. The molecule has 0 saturated heterocycles. The van der Waals surface area contributed by atoms with Gasteiger partial charge in [-0.2, -0.15) is 0 Å². The highest BCUT2D eigenvalue weighted by molar-refractivity contribution is 5.93. The number of carbonyl (C=O) groups is 1. The third-order valence-corrected chi connectivity index (χ3v) is 3.55. The molecule has 1 fully saturated rings. The summed E-state index contributed by atoms with van der Waals surface area (Å²) in [4.78, 5) is 13.4. The van der Waals surface area contributed by atoms with Crippen molar-refractivity contribution in [3.05, 3.63) is 24.1 Å². The number of rotatable bonds is 1. The van der Waals surface area contributed by atoms with Crippen molar-refractivity contribution in [2.75, 3.05) is 0 Å². The number of hydrogen-bond donors (Lipinski definition) is 0. The Hall–Kier alpha value is -1.25. The number of ether oxygens (including phenoxy) is 1. The van der Waals surface area contributed by atoms with Crippen LogP contribution in [-0.2, 0) is 9.53 Å². The van der Waals surface area contributed by atoms with Gasteiger partial charge in [-0.15, -0.1) is 0 Å². The van der Waals surface area contributed by atoms with Crippen LogP contribution in [0.15, 0.2) is 24.1 Å². The van der Waals surface area contributed by atoms with Crippen molar-refractivity contribution in [1.29, 1.82) is 0 Å². The minimum atomic E-state index is -0.0252. The lowest BCUT2D eigenvalue weighted by atomic mass is 9.87. The van der Waals surface area contributed by atoms with Gasteiger partial charge in [-0.3, -0.25) is 9.69 Å². The van der Waals surface area contributed by atoms with Crippen LogP contribution >= 0.6 is 0 Å². The van der Waals surface area contributed by atoms with Gasteiger partial charge in [0.05, 0.1) is 5.70 Å². The van der Waals surface area contributed by atoms with Crippen molar-refractivity contribution in [3.8, 4) is 0 Å². The summed E-state index contributed by atoms with van der Waals surface area (Å²) in [6.07, 6.45) is 11.4. The molecule has 1 saturated carbocycles. The van der Waals surface area contributed by atoms with Gasteiger partial charge in [-0.05, 0) is 18.9 Å². The summed E-state index contributed by atoms with van der Waals surface area (Å²) < 4.78 is 5.62. The molecule has 0 aromatic rings. The first-order valence-corrected chi connectivity index (χ1v) is 5.73. The van der Waals surface area contributed by atoms with Gasteiger partial charge >= 0.3 is 0 Å². The van der Waals surface area contributed by atoms with Crippen molar-refractivity contribution in [1.82, 2.24) is 4.90 Å². The van der Waals surface area contributed by atoms with Crippen molar-refractivity contribution < 1.29 is 9.53 Å². The highest BCUT2D eigenvalue weighted by atomic mass is 16.5. The summed E-state index contributed by atoms with van der Waals surface area (Å²) in [5.41, 5.74) is 0.926. The molecule has 3 rings (SSSR count). The van der Waals surface area contributed by atoms with Crippen molar-refractivity contribution >= 4 is 5.91 Å². The van der Waals surface area contributed by atoms with Gasteiger partial charge in [0.25, 0.3) is 5.91 Å². The topological polar surface area (TPSA) is 29.5 Å². The molecule has 0 bridgehead atoms. The van der Waals surface area contributed by atoms with E-state index in [1.54, 1.807) is 17.2 Å². The second-order valence-electron chi connectivity index (χ2n) is 4.51. The second-order valence-corrected chi connectivity index (χ2v) is 4.51. The van der Waals surface area contributed by atoms with Crippen molar-refractivity contribution in [2.45, 2.75) is 38.3 Å². The van der Waals surface area contributed by atoms with Gasteiger partial charge < -0.3 is 4.74 Å². The van der Waals surface area contributed by atoms with Gasteiger partial charge in [-0.25, -0.2) is 0 Å². The molecule has 0 radical (unpaired) electrons. The molecular formula is C12H15NO2. The number of hydrogen-bond acceptors (Lipinski definition) is 2. The molecular weight excluding hydrogens is 190 g/mol. The van der Waals surface area contributed by atoms with Crippen LogP contribution in [-0.4, -0.2) is 17.0 Å². The summed E-state index contributed by atoms with van der Waals surface area (Å²) in [5, 5.41) is 0. The molecule has 1 atom stereocenters. The lowest BCUT2D eigenvalue weighted by Crippen LogP contribution is -2.39. The number of nitrogens with zero attached hydrogens (tertiary/aromatic N) is 1. The maximum atomic E-state index is 11.6. The van der Waals surface area contributed by atoms with Gasteiger partial charge in [0.1, 0.15) is 6.26 Å². The van der Waals surface area contributed by atoms with E-state index in [2.05, 4.69) is 0 Å². The van der Waals surface area contributed by atoms with Gasteiger partial charge in [-0.1, -0.05) is 19.3 Å². The Morgan fingerprint density at radius 1 is 1.20 bits per heavy atom. The summed E-state index contributed by atoms with van der Waals surface area (Å²) in [6, 6.07) is 0. The molecule has 0 N–H and O–H groups in total. The lowest BCUT2D eigenvalue weighted by molar-refractivity contribution is -0.132. The van der Waals surface area contributed by atoms with Crippen LogP contribution in [0.2, 0.25) is 0 Å². The second kappa shape index (κ2) is 3.40. The zero-order chi connectivity index (χ0) is 10.3. The Bertz CT molecular complexity index is 340. The molecule has 0 unspecified atom stereocenters. The Kier molecular flexibility index (Phi) is 2.04. The van der Waals surface area contributed by atoms with E-state index in [0.29, 0.717) is 5.92 Å². The number of carbonyl (C=O) groups excluding carboxylic acids is 1. The highest BCUT2D eigenvalue weighted by Crippen LogP contribution is 2.36. The van der Waals surface area contributed by atoms with E-state index in [9.17, 15) is 4.79 Å². The van der Waals surface area contributed by atoms with Crippen LogP contribution in [0.5, 0.6) is 0 Å². The molecule has 15 heavy (non-hydrogen) atoms. The van der Waals surface area contributed by atoms with Crippen LogP contribution in [0, 0.1) is 5.92 Å². The summed E-state index contributed by atoms with van der Waals surface area (Å²) >= 11 is 0. The van der Waals surface area contributed by atoms with E-state index in [0.717, 1.165) is 5.70 Å². The van der Waals surface area contributed by atoms with E-state index in [-0.39, 0.29) is 12.1 Å². The van der Waals surface area contributed by atoms with Crippen LogP contribution < -0.4 is 0 Å². The first-order chi connectivity index (χ1) is 7.36. The first-order valence-electron chi connectivity index (χ1n) is 5.73. The Morgan fingerprint density at radius 2 is 2.00 bits per heavy atom. The van der Waals surface area contributed by atoms with Crippen LogP contribution in [0.1, 0.15) is 32.1 Å². The third kappa shape index (κ3) is 1.37. The molecule has 80 valence electrons. The molecule has 3 aliphatic rings. The van der Waals surface area contributed by atoms with Crippen molar-refractivity contribution in [3.63, 3.8) is 0 Å². The predicted molar refractivity (Wildman–Crippen MR) is 55.5 cm³/mol. The van der Waals surface area contributed by atoms with Crippen molar-refractivity contribution in [2.24, 2.45) is 5.92 Å². The smallest absolute Gasteiger partial charge is 0.254 e. The largest absolute Gasteiger partial charge is 0.475 e. The van der Waals surface area contributed by atoms with Crippen LogP contribution in [0.25, 0.3) is 0 Å². The fourth-order valence-electron chi connectivity index (χ4n) is 2.75. The maximum absolute atomic E-state index is 11.6. The molecule has 2 heterocycles. The molecule has 2 aliphatic heterocycles. The summed E-state index contributed by atoms with van der Waals surface area (Å²) in [7, 11) is 0. The first kappa shape index (κ1) is 9.01. The molecule has 1 amide bonds. The minimum absolute atomic E-state index is 0.0252. The van der Waals surface area contributed by atoms with E-state index >= 15 is 0 Å². The number of amides is 1. The Balaban J connectivity index is 1.76. The third-order valence-electron chi connectivity index (χ3n) is 3.55. The summed E-state index contributed by atoms with van der Waals surface area (Å²) in [6.45, 7) is 0. The lowest BCUT2D eigenvalue weighted by Gasteiger charge is -2.31. The maximum Gasteiger partial charge on any atom is 0.254 e. The van der Waals surface area contributed by atoms with Crippen LogP contribution in [0.4, 0.5) is 0 Å². The standard InChI is InChI=1S/C12H15NO2/c14-11-7-6-10-8-15-12(13(10)11)9-4-2-1-3-5-9/h6-9,12H,1-5H2/t12-/m1/s1. The molecule has 1 aliphatic carbocycles. The number of fused-ring (bicyclic) bond motifs is 1. The van der Waals surface area contributed by atoms with Gasteiger partial charge in [0.2, 0.25) is 0 Å². The fourth-order valence-corrected chi connectivity index (χ4v) is 2.75. The average molecular weight is 205 g/mol. The van der Waals surface area contributed by atoms with E-state index < -0.39 is 0 Å². The quantitative estimate of drug-likeness (QED) is 0.656. The SMILES string of the molecule is O=C1C=CC2=CO[C@H](C3CCCCC3)N12. The highest BCUT2D eigenvalue weighted by Gasteiger charge is 2.39. The van der Waals surface area contributed by atoms with Gasteiger partial charge in [0.15, 0.2) is 6.23 Å². The molecule has 0 aromatic carbocycles. The molecule has 0 spiro atoms. The fraction of sp³-hybridized carbons (Fsp3) is 0.583. The van der Waals surface area contributed by atoms with E-state index in [4.69, 9.17) is 4.74 Å². The molecule has 0 aromatic heterocycles. The van der Waals surface area contributed by atoms with Crippen LogP contribution in [0.3, 0.4) is 0 Å². The Morgan fingerprint density at radius 3 is 2.80 bits per heavy atom. The van der Waals surface area contributed by atoms with E-state index in [1.165, 1.54) is 32.1 Å². The molecule has 3 heteroatoms. The van der Waals surface area contributed by atoms with Gasteiger partial charge in [0, 0.05) is 12.0 Å². The average Bonchev–Trinajstić information content (AvgIpc) is 2.84. The monoisotopic (exact) mass is 205 g/mol. The molecule has 3 nitrogen and oxygen atoms in total. The zero-order valence-electron chi connectivity index (χ0n) is 8.69. The zero-order valence-corrected chi connectivity index (χ0v) is 8.69. The Labute approximate surface area is 89.4 Å². The summed E-state index contributed by atoms with van der Waals surface area (Å²) in [5.74, 6) is 0.602. The van der Waals surface area contributed by atoms with E-state index in [1.807, 2.05) is 6.08 Å². The predicted octanol–water partition coefficient (Wildman–Crippen LogP) is 2.16.